The molecule has 3 nitrogen and oxygen atoms in total. The van der Waals surface area contributed by atoms with Crippen molar-refractivity contribution in [2.45, 2.75) is 0 Å². The quantitative estimate of drug-likeness (QED) is 0.870. The van der Waals surface area contributed by atoms with Gasteiger partial charge in [0.25, 0.3) is 0 Å². The Morgan fingerprint density at radius 3 is 2.59 bits per heavy atom. The first-order chi connectivity index (χ1) is 8.08. The van der Waals surface area contributed by atoms with Crippen LogP contribution in [0, 0.1) is 11.6 Å². The van der Waals surface area contributed by atoms with Crippen molar-refractivity contribution in [3.05, 3.63) is 53.7 Å². The molecule has 1 aromatic carbocycles. The van der Waals surface area contributed by atoms with E-state index in [1.54, 1.807) is 0 Å². The van der Waals surface area contributed by atoms with Crippen molar-refractivity contribution in [3.8, 4) is 11.3 Å². The molecule has 1 aromatic heterocycles. The molecule has 0 fully saturated rings. The van der Waals surface area contributed by atoms with Crippen LogP contribution < -0.4 is 0 Å². The maximum absolute atomic E-state index is 13.4. The second-order valence-electron chi connectivity index (χ2n) is 3.36. The van der Waals surface area contributed by atoms with Crippen LogP contribution in [0.15, 0.2) is 36.5 Å². The van der Waals surface area contributed by atoms with E-state index in [4.69, 9.17) is 5.11 Å². The Morgan fingerprint density at radius 1 is 1.18 bits per heavy atom. The highest BCUT2D eigenvalue weighted by Gasteiger charge is 2.10. The molecule has 2 aromatic rings. The Kier molecular flexibility index (Phi) is 2.82. The summed E-state index contributed by atoms with van der Waals surface area (Å²) in [6.45, 7) is 0. The van der Waals surface area contributed by atoms with Gasteiger partial charge in [-0.3, -0.25) is 4.98 Å². The van der Waals surface area contributed by atoms with E-state index in [2.05, 4.69) is 4.98 Å². The zero-order valence-corrected chi connectivity index (χ0v) is 8.52. The molecule has 0 bridgehead atoms. The maximum Gasteiger partial charge on any atom is 0.335 e. The van der Waals surface area contributed by atoms with E-state index in [1.807, 2.05) is 0 Å². The number of carboxylic acid groups (broad SMARTS) is 1. The standard InChI is InChI=1S/C12H7F2NO2/c13-8-1-2-9(10(14)6-8)11-5-7(12(16)17)3-4-15-11/h1-6H,(H,16,17). The molecule has 0 aliphatic heterocycles. The summed E-state index contributed by atoms with van der Waals surface area (Å²) in [5.74, 6) is -2.60. The minimum absolute atomic E-state index is 0.00118. The van der Waals surface area contributed by atoms with Crippen LogP contribution >= 0.6 is 0 Å². The molecule has 5 heteroatoms. The minimum Gasteiger partial charge on any atom is -0.478 e. The molecule has 0 radical (unpaired) electrons. The van der Waals surface area contributed by atoms with E-state index in [-0.39, 0.29) is 16.8 Å². The number of hydrogen-bond donors (Lipinski definition) is 1. The minimum atomic E-state index is -1.13. The van der Waals surface area contributed by atoms with Gasteiger partial charge in [-0.05, 0) is 24.3 Å². The molecule has 0 unspecified atom stereocenters. The van der Waals surface area contributed by atoms with E-state index in [9.17, 15) is 13.6 Å². The smallest absolute Gasteiger partial charge is 0.335 e. The summed E-state index contributed by atoms with van der Waals surface area (Å²) < 4.78 is 26.2. The molecule has 0 saturated carbocycles. The largest absolute Gasteiger partial charge is 0.478 e. The molecule has 1 heterocycles. The van der Waals surface area contributed by atoms with Crippen molar-refractivity contribution in [2.75, 3.05) is 0 Å². The van der Waals surface area contributed by atoms with Gasteiger partial charge in [-0.1, -0.05) is 0 Å². The van der Waals surface area contributed by atoms with Crippen LogP contribution in [-0.4, -0.2) is 16.1 Å². The van der Waals surface area contributed by atoms with Gasteiger partial charge in [0.1, 0.15) is 11.6 Å². The number of aromatic nitrogens is 1. The predicted molar refractivity (Wildman–Crippen MR) is 56.5 cm³/mol. The summed E-state index contributed by atoms with van der Waals surface area (Å²) in [6.07, 6.45) is 1.27. The third kappa shape index (κ3) is 2.28. The summed E-state index contributed by atoms with van der Waals surface area (Å²) in [5, 5.41) is 8.79. The normalized spacial score (nSPS) is 10.2. The third-order valence-corrected chi connectivity index (χ3v) is 2.21. The lowest BCUT2D eigenvalue weighted by Gasteiger charge is -2.03. The Hall–Kier alpha value is -2.30. The summed E-state index contributed by atoms with van der Waals surface area (Å²) in [4.78, 5) is 14.6. The fourth-order valence-electron chi connectivity index (χ4n) is 1.41. The van der Waals surface area contributed by atoms with Crippen LogP contribution in [0.5, 0.6) is 0 Å². The number of carboxylic acids is 1. The van der Waals surface area contributed by atoms with Gasteiger partial charge < -0.3 is 5.11 Å². The van der Waals surface area contributed by atoms with Gasteiger partial charge in [-0.2, -0.15) is 0 Å². The summed E-state index contributed by atoms with van der Waals surface area (Å²) in [7, 11) is 0. The van der Waals surface area contributed by atoms with Crippen LogP contribution in [-0.2, 0) is 0 Å². The molecule has 17 heavy (non-hydrogen) atoms. The summed E-state index contributed by atoms with van der Waals surface area (Å²) >= 11 is 0. The zero-order chi connectivity index (χ0) is 12.4. The van der Waals surface area contributed by atoms with E-state index < -0.39 is 17.6 Å². The van der Waals surface area contributed by atoms with Crippen molar-refractivity contribution >= 4 is 5.97 Å². The van der Waals surface area contributed by atoms with Gasteiger partial charge in [0.05, 0.1) is 11.3 Å². The number of benzene rings is 1. The molecule has 0 saturated heterocycles. The first-order valence-electron chi connectivity index (χ1n) is 4.72. The zero-order valence-electron chi connectivity index (χ0n) is 8.52. The van der Waals surface area contributed by atoms with Crippen LogP contribution in [0.4, 0.5) is 8.78 Å². The van der Waals surface area contributed by atoms with Gasteiger partial charge in [0, 0.05) is 17.8 Å². The van der Waals surface area contributed by atoms with Crippen molar-refractivity contribution in [1.82, 2.24) is 4.98 Å². The van der Waals surface area contributed by atoms with Gasteiger partial charge in [0.15, 0.2) is 0 Å². The molecule has 2 rings (SSSR count). The van der Waals surface area contributed by atoms with Gasteiger partial charge in [-0.15, -0.1) is 0 Å². The Bertz CT molecular complexity index is 584. The van der Waals surface area contributed by atoms with Gasteiger partial charge >= 0.3 is 5.97 Å². The molecular weight excluding hydrogens is 228 g/mol. The molecule has 1 N–H and O–H groups in total. The van der Waals surface area contributed by atoms with Gasteiger partial charge in [0.2, 0.25) is 0 Å². The molecule has 86 valence electrons. The summed E-state index contributed by atoms with van der Waals surface area (Å²) in [6, 6.07) is 5.57. The SMILES string of the molecule is O=C(O)c1ccnc(-c2ccc(F)cc2F)c1. The average Bonchev–Trinajstić information content (AvgIpc) is 2.29. The lowest BCUT2D eigenvalue weighted by Crippen LogP contribution is -1.98. The Balaban J connectivity index is 2.53. The number of carbonyl (C=O) groups is 1. The van der Waals surface area contributed by atoms with Crippen molar-refractivity contribution in [3.63, 3.8) is 0 Å². The first-order valence-corrected chi connectivity index (χ1v) is 4.72. The van der Waals surface area contributed by atoms with Gasteiger partial charge in [-0.25, -0.2) is 13.6 Å². The fraction of sp³-hybridized carbons (Fsp3) is 0. The molecule has 0 aliphatic rings. The number of hydrogen-bond acceptors (Lipinski definition) is 2. The Morgan fingerprint density at radius 2 is 1.94 bits per heavy atom. The number of halogens is 2. The highest BCUT2D eigenvalue weighted by Crippen LogP contribution is 2.22. The number of pyridine rings is 1. The maximum atomic E-state index is 13.4. The first kappa shape index (κ1) is 11.2. The predicted octanol–water partition coefficient (Wildman–Crippen LogP) is 2.73. The monoisotopic (exact) mass is 235 g/mol. The highest BCUT2D eigenvalue weighted by molar-refractivity contribution is 5.88. The molecular formula is C12H7F2NO2. The van der Waals surface area contributed by atoms with Crippen molar-refractivity contribution in [1.29, 1.82) is 0 Å². The van der Waals surface area contributed by atoms with Crippen LogP contribution in [0.1, 0.15) is 10.4 Å². The molecule has 0 atom stereocenters. The number of rotatable bonds is 2. The number of nitrogens with zero attached hydrogens (tertiary/aromatic N) is 1. The Labute approximate surface area is 95.4 Å². The van der Waals surface area contributed by atoms with E-state index >= 15 is 0 Å². The lowest BCUT2D eigenvalue weighted by atomic mass is 10.1. The summed E-state index contributed by atoms with van der Waals surface area (Å²) in [5.41, 5.74) is 0.218. The second kappa shape index (κ2) is 4.29. The second-order valence-corrected chi connectivity index (χ2v) is 3.36. The lowest BCUT2D eigenvalue weighted by molar-refractivity contribution is 0.0697. The van der Waals surface area contributed by atoms with E-state index in [1.165, 1.54) is 24.4 Å². The van der Waals surface area contributed by atoms with Crippen LogP contribution in [0.3, 0.4) is 0 Å². The van der Waals surface area contributed by atoms with E-state index in [0.717, 1.165) is 12.1 Å². The third-order valence-electron chi connectivity index (χ3n) is 2.21. The molecule has 0 amide bonds. The fourth-order valence-corrected chi connectivity index (χ4v) is 1.41. The average molecular weight is 235 g/mol. The van der Waals surface area contributed by atoms with E-state index in [0.29, 0.717) is 0 Å². The van der Waals surface area contributed by atoms with Crippen molar-refractivity contribution < 1.29 is 18.7 Å². The van der Waals surface area contributed by atoms with Crippen LogP contribution in [0.25, 0.3) is 11.3 Å². The van der Waals surface area contributed by atoms with Crippen LogP contribution in [0.2, 0.25) is 0 Å². The molecule has 0 aliphatic carbocycles. The topological polar surface area (TPSA) is 50.2 Å². The molecule has 0 spiro atoms. The number of aromatic carboxylic acids is 1. The highest BCUT2D eigenvalue weighted by atomic mass is 19.1. The van der Waals surface area contributed by atoms with Crippen molar-refractivity contribution in [2.24, 2.45) is 0 Å².